The molecule has 28 heavy (non-hydrogen) atoms. The van der Waals surface area contributed by atoms with Crippen molar-refractivity contribution in [3.63, 3.8) is 0 Å². The highest BCUT2D eigenvalue weighted by atomic mass is 35.5. The molecule has 0 fully saturated rings. The summed E-state index contributed by atoms with van der Waals surface area (Å²) in [5, 5.41) is 15.2. The summed E-state index contributed by atoms with van der Waals surface area (Å²) < 4.78 is 2.12. The van der Waals surface area contributed by atoms with Crippen LogP contribution in [0.15, 0.2) is 34.8 Å². The van der Waals surface area contributed by atoms with Gasteiger partial charge in [0.1, 0.15) is 0 Å². The number of rotatable bonds is 8. The highest BCUT2D eigenvalue weighted by Crippen LogP contribution is 2.32. The minimum atomic E-state index is -0.0968. The lowest BCUT2D eigenvalue weighted by Crippen LogP contribution is -2.14. The predicted octanol–water partition coefficient (Wildman–Crippen LogP) is 5.67. The van der Waals surface area contributed by atoms with Gasteiger partial charge in [-0.3, -0.25) is 4.79 Å². The number of anilines is 1. The van der Waals surface area contributed by atoms with Crippen molar-refractivity contribution in [2.45, 2.75) is 45.3 Å². The topological polar surface area (TPSA) is 59.8 Å². The molecule has 3 rings (SSSR count). The van der Waals surface area contributed by atoms with Crippen molar-refractivity contribution in [2.24, 2.45) is 0 Å². The van der Waals surface area contributed by atoms with E-state index in [1.807, 2.05) is 12.1 Å². The number of nitrogens with zero attached hydrogens (tertiary/aromatic N) is 3. The second kappa shape index (κ2) is 9.58. The van der Waals surface area contributed by atoms with Crippen molar-refractivity contribution in [2.75, 3.05) is 11.1 Å². The molecule has 2 aromatic heterocycles. The van der Waals surface area contributed by atoms with Crippen molar-refractivity contribution in [1.29, 1.82) is 0 Å². The second-order valence-electron chi connectivity index (χ2n) is 6.34. The number of nitrogens with one attached hydrogen (secondary N) is 1. The van der Waals surface area contributed by atoms with Gasteiger partial charge >= 0.3 is 0 Å². The van der Waals surface area contributed by atoms with Crippen LogP contribution in [0.1, 0.15) is 30.7 Å². The number of aromatic nitrogens is 3. The van der Waals surface area contributed by atoms with Crippen LogP contribution in [-0.2, 0) is 17.8 Å². The fourth-order valence-corrected chi connectivity index (χ4v) is 4.91. The summed E-state index contributed by atoms with van der Waals surface area (Å²) in [6.07, 6.45) is 1.94. The van der Waals surface area contributed by atoms with Crippen molar-refractivity contribution in [1.82, 2.24) is 14.8 Å². The Kier molecular flexibility index (Phi) is 7.15. The van der Waals surface area contributed by atoms with Gasteiger partial charge in [0.2, 0.25) is 5.91 Å². The van der Waals surface area contributed by atoms with Crippen LogP contribution in [0.3, 0.4) is 0 Å². The second-order valence-corrected chi connectivity index (χ2v) is 8.81. The van der Waals surface area contributed by atoms with Gasteiger partial charge in [-0.15, -0.1) is 21.5 Å². The van der Waals surface area contributed by atoms with Crippen LogP contribution in [0, 0.1) is 6.92 Å². The van der Waals surface area contributed by atoms with Crippen LogP contribution < -0.4 is 5.32 Å². The van der Waals surface area contributed by atoms with Crippen LogP contribution in [-0.4, -0.2) is 26.4 Å². The van der Waals surface area contributed by atoms with Gasteiger partial charge in [0.25, 0.3) is 0 Å². The number of hydrogen-bond acceptors (Lipinski definition) is 5. The number of aryl methyl sites for hydroxylation is 1. The van der Waals surface area contributed by atoms with E-state index in [0.29, 0.717) is 10.7 Å². The maximum Gasteiger partial charge on any atom is 0.234 e. The first kappa shape index (κ1) is 20.9. The number of benzene rings is 1. The number of halogens is 1. The Morgan fingerprint density at radius 1 is 1.32 bits per heavy atom. The quantitative estimate of drug-likeness (QED) is 0.464. The average Bonchev–Trinajstić information content (AvgIpc) is 3.23. The van der Waals surface area contributed by atoms with Gasteiger partial charge in [-0.2, -0.15) is 0 Å². The molecule has 1 aromatic carbocycles. The van der Waals surface area contributed by atoms with Crippen LogP contribution in [0.25, 0.3) is 11.4 Å². The van der Waals surface area contributed by atoms with Gasteiger partial charge in [0.15, 0.2) is 11.0 Å². The molecule has 3 aromatic rings. The lowest BCUT2D eigenvalue weighted by Gasteiger charge is -2.10. The fourth-order valence-electron chi connectivity index (χ4n) is 3.02. The molecule has 0 radical (unpaired) electrons. The van der Waals surface area contributed by atoms with Gasteiger partial charge in [0, 0.05) is 33.1 Å². The first-order valence-corrected chi connectivity index (χ1v) is 11.5. The zero-order chi connectivity index (χ0) is 20.1. The lowest BCUT2D eigenvalue weighted by molar-refractivity contribution is -0.113. The standard InChI is InChI=1S/C20H23ClN4OS2/c1-4-9-25-19(17-11-27-13(3)16(17)5-2)23-24-20(25)28-12-18(26)22-15-8-6-7-14(21)10-15/h6-8,10-11H,4-5,9,12H2,1-3H3,(H,22,26). The summed E-state index contributed by atoms with van der Waals surface area (Å²) in [4.78, 5) is 13.6. The molecule has 0 aliphatic rings. The van der Waals surface area contributed by atoms with Crippen molar-refractivity contribution >= 4 is 46.3 Å². The molecule has 5 nitrogen and oxygen atoms in total. The molecule has 0 atom stereocenters. The molecule has 0 saturated carbocycles. The van der Waals surface area contributed by atoms with E-state index in [1.54, 1.807) is 23.5 Å². The minimum Gasteiger partial charge on any atom is -0.325 e. The van der Waals surface area contributed by atoms with Crippen LogP contribution >= 0.6 is 34.7 Å². The number of carbonyl (C=O) groups is 1. The summed E-state index contributed by atoms with van der Waals surface area (Å²) in [6.45, 7) is 7.25. The first-order chi connectivity index (χ1) is 13.5. The third-order valence-corrected chi connectivity index (χ3v) is 6.46. The van der Waals surface area contributed by atoms with Gasteiger partial charge in [0.05, 0.1) is 5.75 Å². The Balaban J connectivity index is 1.75. The maximum atomic E-state index is 12.3. The van der Waals surface area contributed by atoms with Crippen LogP contribution in [0.5, 0.6) is 0 Å². The third kappa shape index (κ3) is 4.77. The van der Waals surface area contributed by atoms with E-state index >= 15 is 0 Å². The lowest BCUT2D eigenvalue weighted by atomic mass is 10.1. The van der Waals surface area contributed by atoms with E-state index in [2.05, 4.69) is 46.2 Å². The Bertz CT molecular complexity index is 967. The summed E-state index contributed by atoms with van der Waals surface area (Å²) in [6, 6.07) is 7.13. The monoisotopic (exact) mass is 434 g/mol. The Labute approximate surface area is 178 Å². The minimum absolute atomic E-state index is 0.0968. The maximum absolute atomic E-state index is 12.3. The number of hydrogen-bond donors (Lipinski definition) is 1. The molecule has 0 unspecified atom stereocenters. The molecule has 148 valence electrons. The molecule has 1 amide bonds. The van der Waals surface area contributed by atoms with Gasteiger partial charge in [-0.05, 0) is 43.5 Å². The van der Waals surface area contributed by atoms with E-state index in [4.69, 9.17) is 11.6 Å². The molecule has 8 heteroatoms. The molecule has 0 spiro atoms. The summed E-state index contributed by atoms with van der Waals surface area (Å²) in [7, 11) is 0. The molecule has 0 aliphatic carbocycles. The molecule has 0 bridgehead atoms. The Morgan fingerprint density at radius 2 is 2.14 bits per heavy atom. The van der Waals surface area contributed by atoms with Crippen molar-refractivity contribution in [3.8, 4) is 11.4 Å². The summed E-state index contributed by atoms with van der Waals surface area (Å²) in [5.74, 6) is 1.05. The van der Waals surface area contributed by atoms with E-state index in [9.17, 15) is 4.79 Å². The average molecular weight is 435 g/mol. The predicted molar refractivity (Wildman–Crippen MR) is 119 cm³/mol. The van der Waals surface area contributed by atoms with Crippen LogP contribution in [0.4, 0.5) is 5.69 Å². The number of amides is 1. The van der Waals surface area contributed by atoms with Gasteiger partial charge in [-0.25, -0.2) is 0 Å². The fraction of sp³-hybridized carbons (Fsp3) is 0.350. The number of thiophene rings is 1. The molecular formula is C20H23ClN4OS2. The van der Waals surface area contributed by atoms with E-state index < -0.39 is 0 Å². The molecule has 0 aliphatic heterocycles. The van der Waals surface area contributed by atoms with Crippen molar-refractivity contribution < 1.29 is 4.79 Å². The normalized spacial score (nSPS) is 11.0. The summed E-state index contributed by atoms with van der Waals surface area (Å²) >= 11 is 9.11. The third-order valence-electron chi connectivity index (χ3n) is 4.30. The first-order valence-electron chi connectivity index (χ1n) is 9.22. The molecule has 1 N–H and O–H groups in total. The zero-order valence-electron chi connectivity index (χ0n) is 16.2. The zero-order valence-corrected chi connectivity index (χ0v) is 18.5. The molecule has 0 saturated heterocycles. The van der Waals surface area contributed by atoms with E-state index in [0.717, 1.165) is 35.9 Å². The smallest absolute Gasteiger partial charge is 0.234 e. The van der Waals surface area contributed by atoms with Crippen molar-refractivity contribution in [3.05, 3.63) is 45.1 Å². The number of carbonyl (C=O) groups excluding carboxylic acids is 1. The van der Waals surface area contributed by atoms with E-state index in [-0.39, 0.29) is 11.7 Å². The Hall–Kier alpha value is -1.83. The molecule has 2 heterocycles. The highest BCUT2D eigenvalue weighted by Gasteiger charge is 2.19. The number of thioether (sulfide) groups is 1. The Morgan fingerprint density at radius 3 is 2.86 bits per heavy atom. The highest BCUT2D eigenvalue weighted by molar-refractivity contribution is 7.99. The summed E-state index contributed by atoms with van der Waals surface area (Å²) in [5.41, 5.74) is 3.17. The SMILES string of the molecule is CCCn1c(SCC(=O)Nc2cccc(Cl)c2)nnc1-c1csc(C)c1CC. The van der Waals surface area contributed by atoms with Gasteiger partial charge < -0.3 is 9.88 Å². The molecular weight excluding hydrogens is 412 g/mol. The largest absolute Gasteiger partial charge is 0.325 e. The van der Waals surface area contributed by atoms with E-state index in [1.165, 1.54) is 22.2 Å². The van der Waals surface area contributed by atoms with Gasteiger partial charge in [-0.1, -0.05) is 43.3 Å². The van der Waals surface area contributed by atoms with Crippen LogP contribution in [0.2, 0.25) is 5.02 Å².